The Hall–Kier alpha value is -2.71. The van der Waals surface area contributed by atoms with Crippen LogP contribution in [0.15, 0.2) is 47.4 Å². The number of benzene rings is 2. The van der Waals surface area contributed by atoms with Crippen LogP contribution in [-0.4, -0.2) is 34.2 Å². The molecule has 0 aliphatic carbocycles. The van der Waals surface area contributed by atoms with Gasteiger partial charge in [0.25, 0.3) is 10.1 Å². The largest absolute Gasteiger partial charge is 0.487 e. The summed E-state index contributed by atoms with van der Waals surface area (Å²) in [4.78, 5) is 11.4. The zero-order chi connectivity index (χ0) is 21.0. The van der Waals surface area contributed by atoms with Gasteiger partial charge in [0.2, 0.25) is 0 Å². The van der Waals surface area contributed by atoms with Crippen LogP contribution in [-0.2, 0) is 30.3 Å². The van der Waals surface area contributed by atoms with Crippen molar-refractivity contribution in [2.45, 2.75) is 30.8 Å². The molecule has 0 radical (unpaired) electrons. The van der Waals surface area contributed by atoms with E-state index in [1.807, 2.05) is 6.92 Å². The zero-order valence-corrected chi connectivity index (χ0v) is 16.9. The first-order valence-corrected chi connectivity index (χ1v) is 10.4. The maximum absolute atomic E-state index is 13.9. The smallest absolute Gasteiger partial charge is 0.330 e. The van der Waals surface area contributed by atoms with E-state index in [2.05, 4.69) is 4.74 Å². The molecule has 1 heterocycles. The number of carbonyl (C=O) groups is 1. The van der Waals surface area contributed by atoms with Crippen molar-refractivity contribution in [2.75, 3.05) is 13.7 Å². The Morgan fingerprint density at radius 3 is 2.69 bits per heavy atom. The number of carbonyl (C=O) groups excluding carboxylic acids is 1. The van der Waals surface area contributed by atoms with Gasteiger partial charge in [0.15, 0.2) is 0 Å². The van der Waals surface area contributed by atoms with E-state index >= 15 is 0 Å². The van der Waals surface area contributed by atoms with Gasteiger partial charge in [-0.3, -0.25) is 4.18 Å². The van der Waals surface area contributed by atoms with E-state index in [1.165, 1.54) is 43.5 Å². The van der Waals surface area contributed by atoms with Gasteiger partial charge in [-0.15, -0.1) is 0 Å². The van der Waals surface area contributed by atoms with Crippen LogP contribution >= 0.6 is 0 Å². The number of hydrogen-bond acceptors (Lipinski definition) is 6. The van der Waals surface area contributed by atoms with E-state index in [4.69, 9.17) is 8.92 Å². The molecular formula is C21H21FO6S. The third-order valence-electron chi connectivity index (χ3n) is 4.50. The molecule has 8 heteroatoms. The predicted molar refractivity (Wildman–Crippen MR) is 105 cm³/mol. The van der Waals surface area contributed by atoms with E-state index in [9.17, 15) is 17.6 Å². The Balaban J connectivity index is 1.74. The van der Waals surface area contributed by atoms with Crippen LogP contribution in [0.3, 0.4) is 0 Å². The molecule has 0 saturated heterocycles. The fourth-order valence-electron chi connectivity index (χ4n) is 2.95. The van der Waals surface area contributed by atoms with Crippen molar-refractivity contribution in [3.63, 3.8) is 0 Å². The van der Waals surface area contributed by atoms with Crippen molar-refractivity contribution < 1.29 is 31.3 Å². The molecule has 1 unspecified atom stereocenters. The molecule has 0 fully saturated rings. The van der Waals surface area contributed by atoms with Crippen LogP contribution in [0.4, 0.5) is 4.39 Å². The average molecular weight is 420 g/mol. The Bertz CT molecular complexity index is 1030. The van der Waals surface area contributed by atoms with Crippen LogP contribution < -0.4 is 4.74 Å². The highest BCUT2D eigenvalue weighted by molar-refractivity contribution is 7.86. The highest BCUT2D eigenvalue weighted by Crippen LogP contribution is 2.33. The lowest BCUT2D eigenvalue weighted by atomic mass is 9.99. The maximum Gasteiger partial charge on any atom is 0.330 e. The maximum atomic E-state index is 13.9. The first kappa shape index (κ1) is 21.0. The SMILES string of the molecule is COC(=O)/C=C/c1cc(F)cc2c1OC(COS(=O)(=O)c1ccc(C)cc1)CC2. The highest BCUT2D eigenvalue weighted by atomic mass is 32.2. The fourth-order valence-corrected chi connectivity index (χ4v) is 3.89. The summed E-state index contributed by atoms with van der Waals surface area (Å²) in [5.74, 6) is -0.629. The third-order valence-corrected chi connectivity index (χ3v) is 5.79. The number of methoxy groups -OCH3 is 1. The number of fused-ring (bicyclic) bond motifs is 1. The molecule has 0 spiro atoms. The Morgan fingerprint density at radius 2 is 2.00 bits per heavy atom. The summed E-state index contributed by atoms with van der Waals surface area (Å²) < 4.78 is 54.2. The average Bonchev–Trinajstić information content (AvgIpc) is 2.70. The topological polar surface area (TPSA) is 78.9 Å². The van der Waals surface area contributed by atoms with Gasteiger partial charge in [-0.1, -0.05) is 17.7 Å². The summed E-state index contributed by atoms with van der Waals surface area (Å²) in [6.07, 6.45) is 3.00. The number of halogens is 1. The van der Waals surface area contributed by atoms with Crippen LogP contribution in [0.5, 0.6) is 5.75 Å². The van der Waals surface area contributed by atoms with E-state index in [0.717, 1.165) is 5.56 Å². The van der Waals surface area contributed by atoms with E-state index < -0.39 is 28.0 Å². The molecule has 1 aliphatic heterocycles. The standard InChI is InChI=1S/C21H21FO6S/c1-14-3-8-19(9-4-14)29(24,25)27-13-18-7-5-15-11-17(22)12-16(21(15)28-18)6-10-20(23)26-2/h3-4,6,8-12,18H,5,7,13H2,1-2H3/b10-6+. The van der Waals surface area contributed by atoms with Gasteiger partial charge in [-0.2, -0.15) is 8.42 Å². The summed E-state index contributed by atoms with van der Waals surface area (Å²) >= 11 is 0. The summed E-state index contributed by atoms with van der Waals surface area (Å²) in [5.41, 5.74) is 1.96. The second kappa shape index (κ2) is 8.75. The lowest BCUT2D eigenvalue weighted by molar-refractivity contribution is -0.134. The van der Waals surface area contributed by atoms with Crippen molar-refractivity contribution in [3.05, 3.63) is 65.0 Å². The Kier molecular flexibility index (Phi) is 6.34. The molecule has 0 amide bonds. The number of rotatable bonds is 6. The molecule has 3 rings (SSSR count). The van der Waals surface area contributed by atoms with Crippen molar-refractivity contribution >= 4 is 22.2 Å². The summed E-state index contributed by atoms with van der Waals surface area (Å²) in [7, 11) is -2.67. The first-order chi connectivity index (χ1) is 13.8. The number of aryl methyl sites for hydroxylation is 2. The Morgan fingerprint density at radius 1 is 1.28 bits per heavy atom. The molecule has 29 heavy (non-hydrogen) atoms. The summed E-state index contributed by atoms with van der Waals surface area (Å²) in [5, 5.41) is 0. The van der Waals surface area contributed by atoms with Crippen molar-refractivity contribution in [1.82, 2.24) is 0 Å². The number of esters is 1. The minimum atomic E-state index is -3.91. The van der Waals surface area contributed by atoms with Gasteiger partial charge < -0.3 is 9.47 Å². The molecule has 0 aromatic heterocycles. The quantitative estimate of drug-likeness (QED) is 0.405. The summed E-state index contributed by atoms with van der Waals surface area (Å²) in [6, 6.07) is 8.96. The lowest BCUT2D eigenvalue weighted by Crippen LogP contribution is -2.29. The lowest BCUT2D eigenvalue weighted by Gasteiger charge is -2.27. The fraction of sp³-hybridized carbons (Fsp3) is 0.286. The number of hydrogen-bond donors (Lipinski definition) is 0. The molecule has 0 bridgehead atoms. The predicted octanol–water partition coefficient (Wildman–Crippen LogP) is 3.42. The van der Waals surface area contributed by atoms with Crippen LogP contribution in [0.25, 0.3) is 6.08 Å². The van der Waals surface area contributed by atoms with Gasteiger partial charge in [-0.05, 0) is 55.7 Å². The van der Waals surface area contributed by atoms with Gasteiger partial charge in [0.1, 0.15) is 24.3 Å². The van der Waals surface area contributed by atoms with Crippen LogP contribution in [0.1, 0.15) is 23.1 Å². The number of ether oxygens (including phenoxy) is 2. The van der Waals surface area contributed by atoms with Gasteiger partial charge in [0, 0.05) is 11.6 Å². The molecular weight excluding hydrogens is 399 g/mol. The monoisotopic (exact) mass is 420 g/mol. The molecule has 1 atom stereocenters. The highest BCUT2D eigenvalue weighted by Gasteiger charge is 2.25. The minimum Gasteiger partial charge on any atom is -0.487 e. The first-order valence-electron chi connectivity index (χ1n) is 8.99. The van der Waals surface area contributed by atoms with Crippen LogP contribution in [0.2, 0.25) is 0 Å². The minimum absolute atomic E-state index is 0.0723. The van der Waals surface area contributed by atoms with Crippen LogP contribution in [0, 0.1) is 12.7 Å². The van der Waals surface area contributed by atoms with Gasteiger partial charge >= 0.3 is 5.97 Å². The second-order valence-electron chi connectivity index (χ2n) is 6.67. The Labute approximate surface area is 169 Å². The van der Waals surface area contributed by atoms with E-state index in [-0.39, 0.29) is 11.5 Å². The molecule has 6 nitrogen and oxygen atoms in total. The van der Waals surface area contributed by atoms with Crippen molar-refractivity contribution in [2.24, 2.45) is 0 Å². The molecule has 0 N–H and O–H groups in total. The van der Waals surface area contributed by atoms with Crippen molar-refractivity contribution in [3.8, 4) is 5.75 Å². The van der Waals surface area contributed by atoms with Gasteiger partial charge in [-0.25, -0.2) is 9.18 Å². The molecule has 154 valence electrons. The molecule has 2 aromatic carbocycles. The van der Waals surface area contributed by atoms with E-state index in [1.54, 1.807) is 12.1 Å². The molecule has 0 saturated carbocycles. The summed E-state index contributed by atoms with van der Waals surface area (Å²) in [6.45, 7) is 1.69. The second-order valence-corrected chi connectivity index (χ2v) is 8.29. The van der Waals surface area contributed by atoms with Crippen molar-refractivity contribution in [1.29, 1.82) is 0 Å². The third kappa shape index (κ3) is 5.21. The van der Waals surface area contributed by atoms with Gasteiger partial charge in [0.05, 0.1) is 12.0 Å². The van der Waals surface area contributed by atoms with E-state index in [0.29, 0.717) is 29.7 Å². The zero-order valence-electron chi connectivity index (χ0n) is 16.1. The molecule has 2 aromatic rings. The molecule has 1 aliphatic rings. The normalized spacial score (nSPS) is 16.3.